The Morgan fingerprint density at radius 2 is 1.97 bits per heavy atom. The number of rotatable bonds is 7. The van der Waals surface area contributed by atoms with Gasteiger partial charge in [0.2, 0.25) is 0 Å². The Morgan fingerprint density at radius 1 is 1.07 bits per heavy atom. The van der Waals surface area contributed by atoms with Crippen molar-refractivity contribution < 1.29 is 4.74 Å². The maximum atomic E-state index is 5.23. The van der Waals surface area contributed by atoms with Crippen LogP contribution in [0.4, 0.5) is 5.82 Å². The molecule has 30 heavy (non-hydrogen) atoms. The zero-order chi connectivity index (χ0) is 20.3. The minimum absolute atomic E-state index is 0.710. The maximum absolute atomic E-state index is 5.23. The molecule has 4 aromatic heterocycles. The molecule has 0 amide bonds. The number of anilines is 1. The molecule has 1 N–H and O–H groups in total. The largest absolute Gasteiger partial charge is 0.497 e. The number of methoxy groups -OCH3 is 1. The fraction of sp³-hybridized carbons (Fsp3) is 0.136. The first-order chi connectivity index (χ1) is 14.8. The lowest BCUT2D eigenvalue weighted by molar-refractivity contribution is 0.414. The number of hydrogen-bond acceptors (Lipinski definition) is 7. The molecular weight excluding hydrogens is 414 g/mol. The van der Waals surface area contributed by atoms with Crippen molar-refractivity contribution >= 4 is 39.7 Å². The molecule has 1 aromatic carbocycles. The van der Waals surface area contributed by atoms with E-state index < -0.39 is 0 Å². The number of nitrogens with one attached hydrogen (secondary N) is 1. The minimum Gasteiger partial charge on any atom is -0.497 e. The average Bonchev–Trinajstić information content (AvgIpc) is 3.55. The molecule has 0 spiro atoms. The number of imidazole rings is 1. The average molecular weight is 434 g/mol. The smallest absolute Gasteiger partial charge is 0.174 e. The minimum atomic E-state index is 0.710. The number of hydrogen-bond donors (Lipinski definition) is 1. The second kappa shape index (κ2) is 8.25. The summed E-state index contributed by atoms with van der Waals surface area (Å²) in [6, 6.07) is 14.2. The lowest BCUT2D eigenvalue weighted by Gasteiger charge is -2.09. The van der Waals surface area contributed by atoms with E-state index in [0.29, 0.717) is 5.82 Å². The summed E-state index contributed by atoms with van der Waals surface area (Å²) in [5.74, 6) is 2.33. The first kappa shape index (κ1) is 18.8. The van der Waals surface area contributed by atoms with Crippen LogP contribution in [0.1, 0.15) is 5.56 Å². The third kappa shape index (κ3) is 3.67. The molecule has 150 valence electrons. The molecule has 4 heterocycles. The highest BCUT2D eigenvalue weighted by Crippen LogP contribution is 2.28. The van der Waals surface area contributed by atoms with Gasteiger partial charge < -0.3 is 10.1 Å². The maximum Gasteiger partial charge on any atom is 0.174 e. The molecule has 0 saturated carbocycles. The summed E-state index contributed by atoms with van der Waals surface area (Å²) in [5.41, 5.74) is 3.87. The van der Waals surface area contributed by atoms with Gasteiger partial charge in [-0.05, 0) is 47.0 Å². The normalized spacial score (nSPS) is 11.1. The first-order valence-corrected chi connectivity index (χ1v) is 11.3. The van der Waals surface area contributed by atoms with Crippen LogP contribution in [0.3, 0.4) is 0 Å². The van der Waals surface area contributed by atoms with Crippen LogP contribution in [-0.4, -0.2) is 33.2 Å². The standard InChI is InChI=1S/C22H19N5OS2/c1-28-17-6-4-15(5-7-17)8-10-23-21-19-22(26-20(25-21)18-3-2-11-30-18)27(14-24-19)16-9-12-29-13-16/h2-7,9,11-14H,8,10H2,1H3,(H,23,25,26). The molecule has 0 saturated heterocycles. The lowest BCUT2D eigenvalue weighted by atomic mass is 10.1. The van der Waals surface area contributed by atoms with Crippen LogP contribution in [0.25, 0.3) is 27.6 Å². The number of aromatic nitrogens is 4. The summed E-state index contributed by atoms with van der Waals surface area (Å²) in [7, 11) is 1.68. The van der Waals surface area contributed by atoms with Crippen molar-refractivity contribution in [3.63, 3.8) is 0 Å². The molecule has 0 radical (unpaired) electrons. The second-order valence-corrected chi connectivity index (χ2v) is 8.39. The first-order valence-electron chi connectivity index (χ1n) is 9.50. The van der Waals surface area contributed by atoms with Gasteiger partial charge in [-0.25, -0.2) is 15.0 Å². The van der Waals surface area contributed by atoms with Gasteiger partial charge in [-0.1, -0.05) is 18.2 Å². The molecule has 0 aliphatic rings. The number of thiophene rings is 2. The molecule has 0 aliphatic heterocycles. The Hall–Kier alpha value is -3.23. The van der Waals surface area contributed by atoms with Crippen LogP contribution in [0.5, 0.6) is 5.75 Å². The van der Waals surface area contributed by atoms with Crippen LogP contribution < -0.4 is 10.1 Å². The van der Waals surface area contributed by atoms with Crippen molar-refractivity contribution in [3.8, 4) is 22.1 Å². The highest BCUT2D eigenvalue weighted by Gasteiger charge is 2.16. The highest BCUT2D eigenvalue weighted by atomic mass is 32.1. The summed E-state index contributed by atoms with van der Waals surface area (Å²) >= 11 is 3.28. The van der Waals surface area contributed by atoms with E-state index in [-0.39, 0.29) is 0 Å². The van der Waals surface area contributed by atoms with Crippen LogP contribution in [0, 0.1) is 0 Å². The van der Waals surface area contributed by atoms with E-state index in [9.17, 15) is 0 Å². The van der Waals surface area contributed by atoms with E-state index in [1.165, 1.54) is 5.56 Å². The summed E-state index contributed by atoms with van der Waals surface area (Å²) < 4.78 is 7.24. The van der Waals surface area contributed by atoms with Gasteiger partial charge in [0.1, 0.15) is 12.1 Å². The van der Waals surface area contributed by atoms with Crippen molar-refractivity contribution in [1.82, 2.24) is 19.5 Å². The van der Waals surface area contributed by atoms with Gasteiger partial charge in [-0.2, -0.15) is 11.3 Å². The summed E-state index contributed by atoms with van der Waals surface area (Å²) in [6.45, 7) is 0.744. The molecule has 6 nitrogen and oxygen atoms in total. The molecule has 0 bridgehead atoms. The van der Waals surface area contributed by atoms with Gasteiger partial charge in [-0.3, -0.25) is 4.57 Å². The van der Waals surface area contributed by atoms with Crippen LogP contribution in [0.15, 0.2) is 64.9 Å². The van der Waals surface area contributed by atoms with E-state index in [1.807, 2.05) is 40.5 Å². The monoisotopic (exact) mass is 433 g/mol. The number of fused-ring (bicyclic) bond motifs is 1. The molecule has 5 aromatic rings. The molecule has 0 unspecified atom stereocenters. The SMILES string of the molecule is COc1ccc(CCNc2nc(-c3cccs3)nc3c2ncn3-c2ccsc2)cc1. The van der Waals surface area contributed by atoms with Crippen LogP contribution in [0.2, 0.25) is 0 Å². The summed E-state index contributed by atoms with van der Waals surface area (Å²) in [6.07, 6.45) is 2.68. The zero-order valence-corrected chi connectivity index (χ0v) is 17.9. The van der Waals surface area contributed by atoms with Gasteiger partial charge in [0.15, 0.2) is 22.8 Å². The predicted molar refractivity (Wildman–Crippen MR) is 123 cm³/mol. The fourth-order valence-corrected chi connectivity index (χ4v) is 4.53. The zero-order valence-electron chi connectivity index (χ0n) is 16.3. The summed E-state index contributed by atoms with van der Waals surface area (Å²) in [4.78, 5) is 15.3. The van der Waals surface area contributed by atoms with Crippen molar-refractivity contribution in [2.75, 3.05) is 19.0 Å². The quantitative estimate of drug-likeness (QED) is 0.379. The van der Waals surface area contributed by atoms with Crippen molar-refractivity contribution in [2.24, 2.45) is 0 Å². The third-order valence-electron chi connectivity index (χ3n) is 4.79. The Bertz CT molecular complexity index is 1250. The van der Waals surface area contributed by atoms with E-state index in [1.54, 1.807) is 29.8 Å². The van der Waals surface area contributed by atoms with Gasteiger partial charge in [-0.15, -0.1) is 11.3 Å². The van der Waals surface area contributed by atoms with Gasteiger partial charge in [0, 0.05) is 11.9 Å². The molecule has 0 fully saturated rings. The van der Waals surface area contributed by atoms with Crippen molar-refractivity contribution in [2.45, 2.75) is 6.42 Å². The predicted octanol–water partition coefficient (Wildman–Crippen LogP) is 5.27. The van der Waals surface area contributed by atoms with Crippen molar-refractivity contribution in [1.29, 1.82) is 0 Å². The van der Waals surface area contributed by atoms with E-state index >= 15 is 0 Å². The topological polar surface area (TPSA) is 64.9 Å². The van der Waals surface area contributed by atoms with Crippen molar-refractivity contribution in [3.05, 3.63) is 70.5 Å². The molecule has 0 aliphatic carbocycles. The van der Waals surface area contributed by atoms with E-state index in [4.69, 9.17) is 14.7 Å². The highest BCUT2D eigenvalue weighted by molar-refractivity contribution is 7.13. The van der Waals surface area contributed by atoms with E-state index in [2.05, 4.69) is 39.3 Å². The molecule has 5 rings (SSSR count). The van der Waals surface area contributed by atoms with Gasteiger partial charge in [0.25, 0.3) is 0 Å². The molecule has 8 heteroatoms. The van der Waals surface area contributed by atoms with Crippen LogP contribution in [-0.2, 0) is 6.42 Å². The Labute approximate surface area is 181 Å². The fourth-order valence-electron chi connectivity index (χ4n) is 3.24. The second-order valence-electron chi connectivity index (χ2n) is 6.67. The number of benzene rings is 1. The van der Waals surface area contributed by atoms with E-state index in [0.717, 1.165) is 46.3 Å². The van der Waals surface area contributed by atoms with Crippen LogP contribution >= 0.6 is 22.7 Å². The Morgan fingerprint density at radius 3 is 2.70 bits per heavy atom. The lowest BCUT2D eigenvalue weighted by Crippen LogP contribution is -2.08. The van der Waals surface area contributed by atoms with Gasteiger partial charge in [0.05, 0.1) is 17.7 Å². The summed E-state index contributed by atoms with van der Waals surface area (Å²) in [5, 5.41) is 9.65. The number of nitrogens with zero attached hydrogens (tertiary/aromatic N) is 4. The number of ether oxygens (including phenoxy) is 1. The van der Waals surface area contributed by atoms with Gasteiger partial charge >= 0.3 is 0 Å². The Kier molecular flexibility index (Phi) is 5.17. The molecular formula is C22H19N5OS2. The molecule has 0 atom stereocenters. The Balaban J connectivity index is 1.47. The third-order valence-corrected chi connectivity index (χ3v) is 6.32.